The molecule has 1 heterocycles. The van der Waals surface area contributed by atoms with Gasteiger partial charge in [-0.3, -0.25) is 9.59 Å². The Bertz CT molecular complexity index is 873. The summed E-state index contributed by atoms with van der Waals surface area (Å²) in [7, 11) is 0. The Kier molecular flexibility index (Phi) is 11.8. The highest BCUT2D eigenvalue weighted by atomic mass is 32.2. The van der Waals surface area contributed by atoms with Gasteiger partial charge in [-0.25, -0.2) is 0 Å². The monoisotopic (exact) mass is 500 g/mol. The van der Waals surface area contributed by atoms with Gasteiger partial charge in [0, 0.05) is 11.5 Å². The molecule has 0 bridgehead atoms. The van der Waals surface area contributed by atoms with E-state index in [1.54, 1.807) is 52.7 Å². The van der Waals surface area contributed by atoms with Crippen LogP contribution in [0.15, 0.2) is 20.8 Å². The van der Waals surface area contributed by atoms with Gasteiger partial charge in [-0.05, 0) is 49.6 Å². The number of aromatic nitrogens is 2. The third-order valence-corrected chi connectivity index (χ3v) is 8.52. The minimum Gasteiger partial charge on any atom is -0.507 e. The standard InChI is InChI=1S/C21H28N2O4S4/c1-4-7-17-15(8-9-16(14(3)24)19(17)26)12-30-21-23-22-20(31-21)29-11-6-10-28-13-18(25)27-5-2/h8-9,26H,4-7,10-13H2,1-3H3. The topological polar surface area (TPSA) is 89.4 Å². The van der Waals surface area contributed by atoms with Crippen LogP contribution >= 0.6 is 46.6 Å². The largest absolute Gasteiger partial charge is 0.507 e. The highest BCUT2D eigenvalue weighted by molar-refractivity contribution is 8.03. The van der Waals surface area contributed by atoms with Crippen molar-refractivity contribution in [3.63, 3.8) is 0 Å². The first kappa shape index (κ1) is 26.0. The summed E-state index contributed by atoms with van der Waals surface area (Å²) in [6.45, 7) is 5.77. The SMILES string of the molecule is CCCc1c(CSc2nnc(SCCCSCC(=O)OCC)s2)ccc(C(C)=O)c1O. The van der Waals surface area contributed by atoms with Crippen molar-refractivity contribution >= 4 is 58.4 Å². The molecule has 10 heteroatoms. The van der Waals surface area contributed by atoms with E-state index in [1.165, 1.54) is 6.92 Å². The van der Waals surface area contributed by atoms with E-state index in [0.717, 1.165) is 50.6 Å². The van der Waals surface area contributed by atoms with Crippen molar-refractivity contribution in [2.45, 2.75) is 54.5 Å². The second-order valence-corrected chi connectivity index (χ2v) is 11.2. The number of Topliss-reactive ketones (excluding diaryl/α,β-unsaturated/α-hetero) is 1. The maximum absolute atomic E-state index is 11.7. The third-order valence-electron chi connectivity index (χ3n) is 4.18. The number of ketones is 1. The molecule has 1 aromatic heterocycles. The van der Waals surface area contributed by atoms with Gasteiger partial charge in [0.05, 0.1) is 17.9 Å². The van der Waals surface area contributed by atoms with Crippen LogP contribution in [0.4, 0.5) is 0 Å². The van der Waals surface area contributed by atoms with Gasteiger partial charge in [0.1, 0.15) is 5.75 Å². The van der Waals surface area contributed by atoms with Gasteiger partial charge < -0.3 is 9.84 Å². The van der Waals surface area contributed by atoms with E-state index in [2.05, 4.69) is 17.1 Å². The predicted octanol–water partition coefficient (Wildman–Crippen LogP) is 5.47. The van der Waals surface area contributed by atoms with Crippen molar-refractivity contribution in [3.05, 3.63) is 28.8 Å². The van der Waals surface area contributed by atoms with Crippen LogP contribution in [0.1, 0.15) is 55.1 Å². The van der Waals surface area contributed by atoms with E-state index < -0.39 is 0 Å². The highest BCUT2D eigenvalue weighted by Crippen LogP contribution is 2.35. The molecule has 0 radical (unpaired) electrons. The Morgan fingerprint density at radius 3 is 2.55 bits per heavy atom. The lowest BCUT2D eigenvalue weighted by Crippen LogP contribution is -2.07. The molecule has 6 nitrogen and oxygen atoms in total. The molecule has 0 unspecified atom stereocenters. The van der Waals surface area contributed by atoms with Crippen molar-refractivity contribution < 1.29 is 19.4 Å². The Morgan fingerprint density at radius 2 is 1.87 bits per heavy atom. The number of ether oxygens (including phenoxy) is 1. The summed E-state index contributed by atoms with van der Waals surface area (Å²) >= 11 is 6.42. The van der Waals surface area contributed by atoms with Crippen molar-refractivity contribution in [2.75, 3.05) is 23.9 Å². The van der Waals surface area contributed by atoms with E-state index in [9.17, 15) is 14.7 Å². The highest BCUT2D eigenvalue weighted by Gasteiger charge is 2.16. The van der Waals surface area contributed by atoms with Crippen LogP contribution in [-0.4, -0.2) is 50.9 Å². The average Bonchev–Trinajstić information content (AvgIpc) is 3.18. The normalized spacial score (nSPS) is 10.9. The summed E-state index contributed by atoms with van der Waals surface area (Å²) in [6, 6.07) is 3.63. The lowest BCUT2D eigenvalue weighted by atomic mass is 9.98. The van der Waals surface area contributed by atoms with Crippen molar-refractivity contribution in [1.82, 2.24) is 10.2 Å². The molecule has 0 aliphatic heterocycles. The molecule has 170 valence electrons. The molecule has 0 saturated heterocycles. The average molecular weight is 501 g/mol. The number of aromatic hydroxyl groups is 1. The van der Waals surface area contributed by atoms with Crippen LogP contribution in [0.5, 0.6) is 5.75 Å². The number of carbonyl (C=O) groups excluding carboxylic acids is 2. The predicted molar refractivity (Wildman–Crippen MR) is 131 cm³/mol. The lowest BCUT2D eigenvalue weighted by Gasteiger charge is -2.12. The van der Waals surface area contributed by atoms with Gasteiger partial charge in [0.2, 0.25) is 0 Å². The molecule has 2 aromatic rings. The zero-order valence-corrected chi connectivity index (χ0v) is 21.3. The van der Waals surface area contributed by atoms with Crippen molar-refractivity contribution in [2.24, 2.45) is 0 Å². The zero-order valence-electron chi connectivity index (χ0n) is 18.0. The van der Waals surface area contributed by atoms with E-state index in [1.807, 2.05) is 13.0 Å². The maximum atomic E-state index is 11.7. The van der Waals surface area contributed by atoms with Gasteiger partial charge in [-0.1, -0.05) is 54.3 Å². The van der Waals surface area contributed by atoms with Crippen LogP contribution in [0.3, 0.4) is 0 Å². The number of hydrogen-bond acceptors (Lipinski definition) is 10. The third kappa shape index (κ3) is 8.67. The molecule has 2 rings (SSSR count). The Balaban J connectivity index is 1.81. The molecule has 0 spiro atoms. The van der Waals surface area contributed by atoms with Crippen LogP contribution in [0.25, 0.3) is 0 Å². The molecule has 1 N–H and O–H groups in total. The molecular formula is C21H28N2O4S4. The summed E-state index contributed by atoms with van der Waals surface area (Å²) in [5.41, 5.74) is 2.26. The van der Waals surface area contributed by atoms with E-state index in [4.69, 9.17) is 4.74 Å². The maximum Gasteiger partial charge on any atom is 0.315 e. The van der Waals surface area contributed by atoms with E-state index >= 15 is 0 Å². The minimum absolute atomic E-state index is 0.113. The summed E-state index contributed by atoms with van der Waals surface area (Å²) in [5, 5.41) is 19.0. The molecule has 0 aliphatic rings. The number of rotatable bonds is 14. The van der Waals surface area contributed by atoms with Crippen LogP contribution in [0, 0.1) is 0 Å². The molecule has 31 heavy (non-hydrogen) atoms. The number of phenolic OH excluding ortho intramolecular Hbond substituents is 1. The zero-order chi connectivity index (χ0) is 22.6. The number of benzene rings is 1. The fourth-order valence-corrected chi connectivity index (χ4v) is 6.74. The van der Waals surface area contributed by atoms with Crippen LogP contribution in [0.2, 0.25) is 0 Å². The van der Waals surface area contributed by atoms with Gasteiger partial charge in [0.25, 0.3) is 0 Å². The summed E-state index contributed by atoms with van der Waals surface area (Å²) in [6.07, 6.45) is 2.61. The number of thioether (sulfide) groups is 3. The second kappa shape index (κ2) is 14.0. The molecule has 0 fully saturated rings. The first-order valence-electron chi connectivity index (χ1n) is 10.1. The number of carbonyl (C=O) groups is 2. The Morgan fingerprint density at radius 1 is 1.13 bits per heavy atom. The van der Waals surface area contributed by atoms with Gasteiger partial charge in [-0.2, -0.15) is 11.8 Å². The van der Waals surface area contributed by atoms with Crippen LogP contribution in [-0.2, 0) is 21.7 Å². The smallest absolute Gasteiger partial charge is 0.315 e. The fraction of sp³-hybridized carbons (Fsp3) is 0.524. The molecule has 0 amide bonds. The molecule has 0 aliphatic carbocycles. The van der Waals surface area contributed by atoms with Gasteiger partial charge >= 0.3 is 5.97 Å². The Labute approximate surface area is 200 Å². The van der Waals surface area contributed by atoms with E-state index in [-0.39, 0.29) is 17.5 Å². The van der Waals surface area contributed by atoms with Crippen molar-refractivity contribution in [3.8, 4) is 5.75 Å². The summed E-state index contributed by atoms with van der Waals surface area (Å²) in [5.74, 6) is 2.74. The van der Waals surface area contributed by atoms with Gasteiger partial charge in [0.15, 0.2) is 14.5 Å². The summed E-state index contributed by atoms with van der Waals surface area (Å²) < 4.78 is 6.72. The Hall–Kier alpha value is -1.23. The second-order valence-electron chi connectivity index (χ2n) is 6.59. The number of phenols is 1. The first-order chi connectivity index (χ1) is 15.0. The van der Waals surface area contributed by atoms with Crippen molar-refractivity contribution in [1.29, 1.82) is 0 Å². The number of esters is 1. The fourth-order valence-electron chi connectivity index (χ4n) is 2.76. The molecular weight excluding hydrogens is 473 g/mol. The lowest BCUT2D eigenvalue weighted by molar-refractivity contribution is -0.139. The molecule has 0 saturated carbocycles. The quantitative estimate of drug-likeness (QED) is 0.157. The number of nitrogens with zero attached hydrogens (tertiary/aromatic N) is 2. The molecule has 0 atom stereocenters. The van der Waals surface area contributed by atoms with Gasteiger partial charge in [-0.15, -0.1) is 10.2 Å². The van der Waals surface area contributed by atoms with Crippen LogP contribution < -0.4 is 0 Å². The minimum atomic E-state index is -0.155. The van der Waals surface area contributed by atoms with E-state index in [0.29, 0.717) is 23.7 Å². The summed E-state index contributed by atoms with van der Waals surface area (Å²) in [4.78, 5) is 23.0. The first-order valence-corrected chi connectivity index (χ1v) is 14.1. The number of hydrogen-bond donors (Lipinski definition) is 1. The molecule has 1 aromatic carbocycles.